The molecule has 0 fully saturated rings. The number of carbonyl (C=O) groups excluding carboxylic acids is 2. The van der Waals surface area contributed by atoms with E-state index in [4.69, 9.17) is 0 Å². The number of nitrogens with one attached hydrogen (secondary N) is 2. The van der Waals surface area contributed by atoms with Crippen LogP contribution in [-0.2, 0) is 0 Å². The number of Topliss-reactive ketones (excluding diaryl/α,β-unsaturated/α-hetero) is 1. The van der Waals surface area contributed by atoms with Crippen LogP contribution in [0.4, 0.5) is 10.5 Å². The highest BCUT2D eigenvalue weighted by Crippen LogP contribution is 2.10. The molecule has 2 heterocycles. The standard InChI is InChI=1S/C17H17N5O2/c1-11-4-3-5-14(8-11)21-17(24)20-12(2)16(23)13-6-7-15-18-10-19-22(15)9-13/h3-10,12H,1-2H3,(H2,20,21,24). The number of hydrogen-bond acceptors (Lipinski definition) is 4. The van der Waals surface area contributed by atoms with Crippen LogP contribution in [0.3, 0.4) is 0 Å². The van der Waals surface area contributed by atoms with Crippen LogP contribution in [0, 0.1) is 6.92 Å². The van der Waals surface area contributed by atoms with Crippen molar-refractivity contribution < 1.29 is 9.59 Å². The van der Waals surface area contributed by atoms with E-state index in [9.17, 15) is 9.59 Å². The Balaban J connectivity index is 1.65. The third-order valence-corrected chi connectivity index (χ3v) is 3.58. The Morgan fingerprint density at radius 1 is 1.21 bits per heavy atom. The second-order valence-corrected chi connectivity index (χ2v) is 5.53. The number of carbonyl (C=O) groups is 2. The lowest BCUT2D eigenvalue weighted by atomic mass is 10.1. The molecule has 2 N–H and O–H groups in total. The van der Waals surface area contributed by atoms with Crippen molar-refractivity contribution in [2.24, 2.45) is 0 Å². The summed E-state index contributed by atoms with van der Waals surface area (Å²) in [5.74, 6) is -0.202. The highest BCUT2D eigenvalue weighted by Gasteiger charge is 2.18. The maximum absolute atomic E-state index is 12.4. The van der Waals surface area contributed by atoms with E-state index in [0.717, 1.165) is 5.56 Å². The van der Waals surface area contributed by atoms with Crippen molar-refractivity contribution in [2.75, 3.05) is 5.32 Å². The zero-order chi connectivity index (χ0) is 17.1. The molecule has 1 aromatic carbocycles. The molecule has 0 aliphatic carbocycles. The molecule has 1 unspecified atom stereocenters. The quantitative estimate of drug-likeness (QED) is 0.722. The van der Waals surface area contributed by atoms with Crippen molar-refractivity contribution in [2.45, 2.75) is 19.9 Å². The zero-order valence-electron chi connectivity index (χ0n) is 13.4. The normalized spacial score (nSPS) is 11.9. The summed E-state index contributed by atoms with van der Waals surface area (Å²) in [7, 11) is 0. The topological polar surface area (TPSA) is 88.4 Å². The summed E-state index contributed by atoms with van der Waals surface area (Å²) in [6.45, 7) is 3.58. The predicted molar refractivity (Wildman–Crippen MR) is 90.1 cm³/mol. The summed E-state index contributed by atoms with van der Waals surface area (Å²) >= 11 is 0. The van der Waals surface area contributed by atoms with Crippen LogP contribution in [-0.4, -0.2) is 32.5 Å². The molecule has 7 nitrogen and oxygen atoms in total. The molecule has 24 heavy (non-hydrogen) atoms. The summed E-state index contributed by atoms with van der Waals surface area (Å²) < 4.78 is 1.52. The number of pyridine rings is 1. The van der Waals surface area contributed by atoms with E-state index in [1.165, 1.54) is 10.8 Å². The Labute approximate surface area is 138 Å². The first-order valence-corrected chi connectivity index (χ1v) is 7.51. The smallest absolute Gasteiger partial charge is 0.319 e. The van der Waals surface area contributed by atoms with E-state index in [-0.39, 0.29) is 5.78 Å². The van der Waals surface area contributed by atoms with Crippen LogP contribution < -0.4 is 10.6 Å². The number of aromatic nitrogens is 3. The number of anilines is 1. The SMILES string of the molecule is Cc1cccc(NC(=O)NC(C)C(=O)c2ccc3ncnn3c2)c1. The van der Waals surface area contributed by atoms with E-state index in [1.807, 2.05) is 25.1 Å². The molecule has 0 aliphatic heterocycles. The molecule has 0 spiro atoms. The molecule has 3 rings (SSSR count). The van der Waals surface area contributed by atoms with Gasteiger partial charge in [0.05, 0.1) is 6.04 Å². The predicted octanol–water partition coefficient (Wildman–Crippen LogP) is 2.43. The lowest BCUT2D eigenvalue weighted by Crippen LogP contribution is -2.41. The highest BCUT2D eigenvalue weighted by atomic mass is 16.2. The third-order valence-electron chi connectivity index (χ3n) is 3.58. The molecule has 1 atom stereocenters. The van der Waals surface area contributed by atoms with Crippen molar-refractivity contribution in [3.8, 4) is 0 Å². The minimum absolute atomic E-state index is 0.202. The Morgan fingerprint density at radius 3 is 2.83 bits per heavy atom. The second kappa shape index (κ2) is 6.49. The van der Waals surface area contributed by atoms with Gasteiger partial charge in [0.15, 0.2) is 11.4 Å². The maximum atomic E-state index is 12.4. The van der Waals surface area contributed by atoms with Gasteiger partial charge in [0.2, 0.25) is 0 Å². The average Bonchev–Trinajstić information content (AvgIpc) is 3.01. The van der Waals surface area contributed by atoms with E-state index in [2.05, 4.69) is 20.7 Å². The Kier molecular flexibility index (Phi) is 4.24. The van der Waals surface area contributed by atoms with Crippen molar-refractivity contribution >= 4 is 23.1 Å². The van der Waals surface area contributed by atoms with Gasteiger partial charge in [-0.25, -0.2) is 14.3 Å². The number of nitrogens with zero attached hydrogens (tertiary/aromatic N) is 3. The fourth-order valence-electron chi connectivity index (χ4n) is 2.36. The molecule has 0 radical (unpaired) electrons. The van der Waals surface area contributed by atoms with Crippen molar-refractivity contribution in [3.63, 3.8) is 0 Å². The van der Waals surface area contributed by atoms with Crippen LogP contribution in [0.5, 0.6) is 0 Å². The fourth-order valence-corrected chi connectivity index (χ4v) is 2.36. The number of aryl methyl sites for hydroxylation is 1. The van der Waals surface area contributed by atoms with Crippen LogP contribution >= 0.6 is 0 Å². The van der Waals surface area contributed by atoms with Gasteiger partial charge in [0.1, 0.15) is 6.33 Å². The van der Waals surface area contributed by atoms with Crippen molar-refractivity contribution in [3.05, 3.63) is 60.0 Å². The van der Waals surface area contributed by atoms with E-state index in [1.54, 1.807) is 31.3 Å². The summed E-state index contributed by atoms with van der Waals surface area (Å²) in [5, 5.41) is 9.36. The monoisotopic (exact) mass is 323 g/mol. The van der Waals surface area contributed by atoms with E-state index >= 15 is 0 Å². The molecular formula is C17H17N5O2. The molecular weight excluding hydrogens is 306 g/mol. The van der Waals surface area contributed by atoms with Gasteiger partial charge in [0, 0.05) is 17.4 Å². The van der Waals surface area contributed by atoms with Gasteiger partial charge in [-0.05, 0) is 43.7 Å². The largest absolute Gasteiger partial charge is 0.328 e. The first-order chi connectivity index (χ1) is 11.5. The van der Waals surface area contributed by atoms with Crippen molar-refractivity contribution in [1.29, 1.82) is 0 Å². The number of amides is 2. The van der Waals surface area contributed by atoms with Crippen LogP contribution in [0.2, 0.25) is 0 Å². The zero-order valence-corrected chi connectivity index (χ0v) is 13.4. The van der Waals surface area contributed by atoms with Gasteiger partial charge in [-0.1, -0.05) is 12.1 Å². The number of rotatable bonds is 4. The number of fused-ring (bicyclic) bond motifs is 1. The highest BCUT2D eigenvalue weighted by molar-refractivity contribution is 6.02. The van der Waals surface area contributed by atoms with E-state index < -0.39 is 12.1 Å². The molecule has 3 aromatic rings. The first kappa shape index (κ1) is 15.7. The summed E-state index contributed by atoms with van der Waals surface area (Å²) in [6.07, 6.45) is 3.02. The van der Waals surface area contributed by atoms with Crippen LogP contribution in [0.15, 0.2) is 48.9 Å². The van der Waals surface area contributed by atoms with Gasteiger partial charge in [-0.3, -0.25) is 4.79 Å². The third kappa shape index (κ3) is 3.40. The summed E-state index contributed by atoms with van der Waals surface area (Å²) in [5.41, 5.74) is 2.83. The minimum Gasteiger partial charge on any atom is -0.328 e. The van der Waals surface area contributed by atoms with E-state index in [0.29, 0.717) is 16.9 Å². The lowest BCUT2D eigenvalue weighted by Gasteiger charge is -2.14. The number of benzene rings is 1. The summed E-state index contributed by atoms with van der Waals surface area (Å²) in [6, 6.07) is 9.71. The molecule has 0 saturated carbocycles. The Morgan fingerprint density at radius 2 is 2.04 bits per heavy atom. The maximum Gasteiger partial charge on any atom is 0.319 e. The molecule has 0 aliphatic rings. The Bertz CT molecular complexity index is 903. The van der Waals surface area contributed by atoms with Gasteiger partial charge in [0.25, 0.3) is 0 Å². The van der Waals surface area contributed by atoms with Gasteiger partial charge in [-0.2, -0.15) is 5.10 Å². The lowest BCUT2D eigenvalue weighted by molar-refractivity contribution is 0.0954. The molecule has 122 valence electrons. The van der Waals surface area contributed by atoms with Gasteiger partial charge in [-0.15, -0.1) is 0 Å². The molecule has 0 bridgehead atoms. The van der Waals surface area contributed by atoms with Crippen LogP contribution in [0.1, 0.15) is 22.8 Å². The number of ketones is 1. The summed E-state index contributed by atoms with van der Waals surface area (Å²) in [4.78, 5) is 28.5. The Hall–Kier alpha value is -3.22. The van der Waals surface area contributed by atoms with Gasteiger partial charge < -0.3 is 10.6 Å². The number of hydrogen-bond donors (Lipinski definition) is 2. The van der Waals surface area contributed by atoms with Crippen molar-refractivity contribution in [1.82, 2.24) is 19.9 Å². The second-order valence-electron chi connectivity index (χ2n) is 5.53. The van der Waals surface area contributed by atoms with Gasteiger partial charge >= 0.3 is 6.03 Å². The molecule has 0 saturated heterocycles. The molecule has 2 aromatic heterocycles. The molecule has 7 heteroatoms. The average molecular weight is 323 g/mol. The first-order valence-electron chi connectivity index (χ1n) is 7.51. The van der Waals surface area contributed by atoms with Crippen LogP contribution in [0.25, 0.3) is 5.65 Å². The fraction of sp³-hybridized carbons (Fsp3) is 0.176. The number of urea groups is 1. The molecule has 2 amide bonds. The minimum atomic E-state index is -0.671.